The van der Waals surface area contributed by atoms with Gasteiger partial charge in [0.05, 0.1) is 4.90 Å². The predicted molar refractivity (Wildman–Crippen MR) is 113 cm³/mol. The number of benzene rings is 3. The van der Waals surface area contributed by atoms with Gasteiger partial charge in [-0.25, -0.2) is 13.1 Å². The largest absolute Gasteiger partial charge is 0.492 e. The summed E-state index contributed by atoms with van der Waals surface area (Å²) >= 11 is 0. The Labute approximate surface area is 170 Å². The maximum Gasteiger partial charge on any atom is 0.240 e. The minimum absolute atomic E-state index is 0.0388. The van der Waals surface area contributed by atoms with Crippen molar-refractivity contribution >= 4 is 32.4 Å². The molecule has 0 bridgehead atoms. The van der Waals surface area contributed by atoms with Crippen LogP contribution in [0.25, 0.3) is 10.8 Å². The van der Waals surface area contributed by atoms with Gasteiger partial charge in [0.2, 0.25) is 15.9 Å². The molecule has 0 aromatic heterocycles. The van der Waals surface area contributed by atoms with E-state index in [1.807, 2.05) is 42.5 Å². The molecule has 29 heavy (non-hydrogen) atoms. The maximum atomic E-state index is 12.6. The van der Waals surface area contributed by atoms with E-state index in [1.165, 1.54) is 13.0 Å². The SMILES string of the molecule is CC(=O)N1CCc2cc(S(=O)(=O)NCCOc3cccc4ccccc34)ccc21. The van der Waals surface area contributed by atoms with Crippen LogP contribution < -0.4 is 14.4 Å². The van der Waals surface area contributed by atoms with Gasteiger partial charge in [0.25, 0.3) is 0 Å². The summed E-state index contributed by atoms with van der Waals surface area (Å²) in [5.74, 6) is 0.687. The molecule has 1 amide bonds. The standard InChI is InChI=1S/C22H22N2O4S/c1-16(25)24-13-11-18-15-19(9-10-21(18)24)29(26,27)23-12-14-28-22-8-4-6-17-5-2-3-7-20(17)22/h2-10,15,23H,11-14H2,1H3. The van der Waals surface area contributed by atoms with Crippen LogP contribution in [-0.4, -0.2) is 34.0 Å². The Kier molecular flexibility index (Phi) is 5.25. The first-order valence-electron chi connectivity index (χ1n) is 9.47. The van der Waals surface area contributed by atoms with Crippen molar-refractivity contribution in [3.05, 3.63) is 66.2 Å². The van der Waals surface area contributed by atoms with E-state index >= 15 is 0 Å². The zero-order valence-corrected chi connectivity index (χ0v) is 16.9. The lowest BCUT2D eigenvalue weighted by atomic mass is 10.1. The number of nitrogens with one attached hydrogen (secondary N) is 1. The number of ether oxygens (including phenoxy) is 1. The number of fused-ring (bicyclic) bond motifs is 2. The number of rotatable bonds is 6. The third-order valence-corrected chi connectivity index (χ3v) is 6.50. The maximum absolute atomic E-state index is 12.6. The molecule has 1 N–H and O–H groups in total. The summed E-state index contributed by atoms with van der Waals surface area (Å²) in [5, 5.41) is 2.06. The molecule has 3 aromatic rings. The Balaban J connectivity index is 1.40. The summed E-state index contributed by atoms with van der Waals surface area (Å²) in [7, 11) is -3.65. The lowest BCUT2D eigenvalue weighted by molar-refractivity contribution is -0.116. The summed E-state index contributed by atoms with van der Waals surface area (Å²) < 4.78 is 33.6. The van der Waals surface area contributed by atoms with E-state index in [0.717, 1.165) is 27.8 Å². The van der Waals surface area contributed by atoms with Crippen LogP contribution in [0.4, 0.5) is 5.69 Å². The molecule has 1 aliphatic heterocycles. The molecule has 3 aromatic carbocycles. The Morgan fingerprint density at radius 3 is 2.72 bits per heavy atom. The van der Waals surface area contributed by atoms with Crippen molar-refractivity contribution in [3.63, 3.8) is 0 Å². The molecule has 0 saturated heterocycles. The molecule has 0 unspecified atom stereocenters. The molecular weight excluding hydrogens is 388 g/mol. The Hall–Kier alpha value is -2.90. The fourth-order valence-corrected chi connectivity index (χ4v) is 4.68. The molecule has 1 aliphatic rings. The van der Waals surface area contributed by atoms with Gasteiger partial charge in [0.1, 0.15) is 12.4 Å². The second-order valence-electron chi connectivity index (χ2n) is 6.93. The molecule has 6 nitrogen and oxygen atoms in total. The van der Waals surface area contributed by atoms with Crippen LogP contribution in [0.15, 0.2) is 65.6 Å². The lowest BCUT2D eigenvalue weighted by Gasteiger charge is -2.15. The first kappa shape index (κ1) is 19.4. The topological polar surface area (TPSA) is 75.7 Å². The van der Waals surface area contributed by atoms with E-state index in [2.05, 4.69) is 4.72 Å². The molecule has 150 valence electrons. The van der Waals surface area contributed by atoms with Crippen LogP contribution in [0.1, 0.15) is 12.5 Å². The molecule has 1 heterocycles. The van der Waals surface area contributed by atoms with Crippen molar-refractivity contribution < 1.29 is 17.9 Å². The zero-order valence-electron chi connectivity index (χ0n) is 16.1. The van der Waals surface area contributed by atoms with Gasteiger partial charge < -0.3 is 9.64 Å². The quantitative estimate of drug-likeness (QED) is 0.634. The van der Waals surface area contributed by atoms with E-state index in [0.29, 0.717) is 13.0 Å². The summed E-state index contributed by atoms with van der Waals surface area (Å²) in [6.45, 7) is 2.47. The van der Waals surface area contributed by atoms with Crippen LogP contribution >= 0.6 is 0 Å². The smallest absolute Gasteiger partial charge is 0.240 e. The summed E-state index contributed by atoms with van der Waals surface area (Å²) in [6.07, 6.45) is 0.655. The van der Waals surface area contributed by atoms with Crippen LogP contribution in [0.5, 0.6) is 5.75 Å². The fourth-order valence-electron chi connectivity index (χ4n) is 3.61. The molecular formula is C22H22N2O4S. The first-order valence-corrected chi connectivity index (χ1v) is 11.0. The van der Waals surface area contributed by atoms with Gasteiger partial charge in [-0.05, 0) is 41.6 Å². The van der Waals surface area contributed by atoms with Gasteiger partial charge >= 0.3 is 0 Å². The second-order valence-corrected chi connectivity index (χ2v) is 8.70. The van der Waals surface area contributed by atoms with Crippen LogP contribution in [0.2, 0.25) is 0 Å². The molecule has 0 fully saturated rings. The highest BCUT2D eigenvalue weighted by molar-refractivity contribution is 7.89. The number of hydrogen-bond acceptors (Lipinski definition) is 4. The minimum atomic E-state index is -3.65. The number of carbonyl (C=O) groups is 1. The van der Waals surface area contributed by atoms with E-state index in [9.17, 15) is 13.2 Å². The van der Waals surface area contributed by atoms with Crippen molar-refractivity contribution in [1.82, 2.24) is 4.72 Å². The van der Waals surface area contributed by atoms with E-state index in [4.69, 9.17) is 4.74 Å². The van der Waals surface area contributed by atoms with Gasteiger partial charge in [-0.15, -0.1) is 0 Å². The number of nitrogens with zero attached hydrogens (tertiary/aromatic N) is 1. The van der Waals surface area contributed by atoms with Gasteiger partial charge in [-0.3, -0.25) is 4.79 Å². The van der Waals surface area contributed by atoms with E-state index in [-0.39, 0.29) is 24.0 Å². The fraction of sp³-hybridized carbons (Fsp3) is 0.227. The van der Waals surface area contributed by atoms with Gasteiger partial charge in [-0.1, -0.05) is 36.4 Å². The Morgan fingerprint density at radius 1 is 1.10 bits per heavy atom. The molecule has 4 rings (SSSR count). The van der Waals surface area contributed by atoms with Crippen LogP contribution in [0.3, 0.4) is 0 Å². The highest BCUT2D eigenvalue weighted by atomic mass is 32.2. The third-order valence-electron chi connectivity index (χ3n) is 5.04. The van der Waals surface area contributed by atoms with Gasteiger partial charge in [-0.2, -0.15) is 0 Å². The molecule has 0 radical (unpaired) electrons. The monoisotopic (exact) mass is 410 g/mol. The van der Waals surface area contributed by atoms with Crippen molar-refractivity contribution in [1.29, 1.82) is 0 Å². The minimum Gasteiger partial charge on any atom is -0.492 e. The number of sulfonamides is 1. The molecule has 0 atom stereocenters. The third kappa shape index (κ3) is 3.97. The highest BCUT2D eigenvalue weighted by Gasteiger charge is 2.24. The van der Waals surface area contributed by atoms with Gasteiger partial charge in [0.15, 0.2) is 0 Å². The van der Waals surface area contributed by atoms with Crippen LogP contribution in [-0.2, 0) is 21.2 Å². The van der Waals surface area contributed by atoms with Gasteiger partial charge in [0, 0.05) is 31.1 Å². The molecule has 0 aliphatic carbocycles. The average molecular weight is 410 g/mol. The van der Waals surface area contributed by atoms with Crippen molar-refractivity contribution in [2.45, 2.75) is 18.2 Å². The molecule has 0 saturated carbocycles. The van der Waals surface area contributed by atoms with Crippen molar-refractivity contribution in [2.24, 2.45) is 0 Å². The Bertz CT molecular complexity index is 1170. The van der Waals surface area contributed by atoms with E-state index in [1.54, 1.807) is 17.0 Å². The predicted octanol–water partition coefficient (Wildman–Crippen LogP) is 3.11. The molecule has 0 spiro atoms. The average Bonchev–Trinajstić information content (AvgIpc) is 3.15. The van der Waals surface area contributed by atoms with Crippen LogP contribution in [0, 0.1) is 0 Å². The molecule has 7 heteroatoms. The lowest BCUT2D eigenvalue weighted by Crippen LogP contribution is -2.28. The number of hydrogen-bond donors (Lipinski definition) is 1. The van der Waals surface area contributed by atoms with Crippen molar-refractivity contribution in [2.75, 3.05) is 24.6 Å². The summed E-state index contributed by atoms with van der Waals surface area (Å²) in [5.41, 5.74) is 1.66. The Morgan fingerprint density at radius 2 is 1.90 bits per heavy atom. The first-order chi connectivity index (χ1) is 14.0. The van der Waals surface area contributed by atoms with Crippen molar-refractivity contribution in [3.8, 4) is 5.75 Å². The number of anilines is 1. The number of carbonyl (C=O) groups excluding carboxylic acids is 1. The highest BCUT2D eigenvalue weighted by Crippen LogP contribution is 2.30. The summed E-state index contributed by atoms with van der Waals surface area (Å²) in [6, 6.07) is 18.6. The number of amides is 1. The summed E-state index contributed by atoms with van der Waals surface area (Å²) in [4.78, 5) is 13.5. The zero-order chi connectivity index (χ0) is 20.4. The van der Waals surface area contributed by atoms with E-state index < -0.39 is 10.0 Å². The normalized spacial score (nSPS) is 13.5. The second kappa shape index (κ2) is 7.85.